The summed E-state index contributed by atoms with van der Waals surface area (Å²) in [7, 11) is 1.58. The van der Waals surface area contributed by atoms with Crippen molar-refractivity contribution in [1.29, 1.82) is 0 Å². The molecule has 0 spiro atoms. The van der Waals surface area contributed by atoms with Crippen LogP contribution in [0, 0.1) is 13.8 Å². The van der Waals surface area contributed by atoms with Crippen molar-refractivity contribution in [2.24, 2.45) is 0 Å². The molecule has 1 aliphatic rings. The van der Waals surface area contributed by atoms with E-state index in [0.717, 1.165) is 18.8 Å². The Morgan fingerprint density at radius 1 is 1.36 bits per heavy atom. The van der Waals surface area contributed by atoms with Crippen molar-refractivity contribution in [3.05, 3.63) is 57.4 Å². The third-order valence-corrected chi connectivity index (χ3v) is 4.80. The Morgan fingerprint density at radius 2 is 2.14 bits per heavy atom. The molecule has 1 amide bonds. The molecule has 1 saturated heterocycles. The molecule has 0 saturated carbocycles. The molecule has 0 aromatic carbocycles. The fourth-order valence-corrected chi connectivity index (χ4v) is 3.23. The molecule has 1 fully saturated rings. The second-order valence-electron chi connectivity index (χ2n) is 7.02. The van der Waals surface area contributed by atoms with E-state index >= 15 is 0 Å². The quantitative estimate of drug-likeness (QED) is 0.672. The monoisotopic (exact) mass is 382 g/mol. The van der Waals surface area contributed by atoms with Crippen LogP contribution in [0.15, 0.2) is 29.2 Å². The predicted molar refractivity (Wildman–Crippen MR) is 103 cm³/mol. The van der Waals surface area contributed by atoms with E-state index in [1.165, 1.54) is 0 Å². The van der Waals surface area contributed by atoms with Gasteiger partial charge in [0, 0.05) is 44.5 Å². The molecule has 0 unspecified atom stereocenters. The molecule has 0 aliphatic carbocycles. The number of rotatable bonds is 5. The third kappa shape index (κ3) is 3.48. The maximum absolute atomic E-state index is 11.7. The molecule has 9 nitrogen and oxygen atoms in total. The minimum atomic E-state index is -0.214. The molecular formula is C19H22N6O3. The van der Waals surface area contributed by atoms with Crippen molar-refractivity contribution in [3.63, 3.8) is 0 Å². The highest BCUT2D eigenvalue weighted by Crippen LogP contribution is 2.22. The Labute approximate surface area is 161 Å². The van der Waals surface area contributed by atoms with Gasteiger partial charge in [-0.25, -0.2) is 9.50 Å². The number of fused-ring (bicyclic) bond motifs is 1. The molecule has 4 heterocycles. The molecule has 2 N–H and O–H groups in total. The van der Waals surface area contributed by atoms with Gasteiger partial charge in [-0.15, -0.1) is 0 Å². The zero-order valence-electron chi connectivity index (χ0n) is 16.0. The summed E-state index contributed by atoms with van der Waals surface area (Å²) in [6, 6.07) is 5.34. The van der Waals surface area contributed by atoms with Crippen molar-refractivity contribution < 1.29 is 9.53 Å². The molecule has 4 rings (SSSR count). The van der Waals surface area contributed by atoms with Gasteiger partial charge in [0.1, 0.15) is 23.2 Å². The number of hydrogen-bond acceptors (Lipinski definition) is 6. The highest BCUT2D eigenvalue weighted by Gasteiger charge is 2.29. The lowest BCUT2D eigenvalue weighted by molar-refractivity contribution is 0.0131. The lowest BCUT2D eigenvalue weighted by Gasteiger charge is -2.38. The van der Waals surface area contributed by atoms with Gasteiger partial charge in [0.15, 0.2) is 0 Å². The van der Waals surface area contributed by atoms with Gasteiger partial charge in [-0.3, -0.25) is 14.5 Å². The molecule has 0 atom stereocenters. The van der Waals surface area contributed by atoms with E-state index in [1.807, 2.05) is 13.0 Å². The number of nitrogens with zero attached hydrogens (tertiary/aromatic N) is 4. The van der Waals surface area contributed by atoms with Crippen molar-refractivity contribution >= 4 is 11.6 Å². The van der Waals surface area contributed by atoms with Gasteiger partial charge in [0.25, 0.3) is 11.5 Å². The summed E-state index contributed by atoms with van der Waals surface area (Å²) in [5, 5.41) is 7.07. The summed E-state index contributed by atoms with van der Waals surface area (Å²) >= 11 is 0. The van der Waals surface area contributed by atoms with Crippen LogP contribution >= 0.6 is 0 Å². The number of carbonyl (C=O) groups excluding carboxylic acids is 1. The number of likely N-dealkylation sites (tertiary alicyclic amines) is 1. The fraction of sp³-hybridized carbons (Fsp3) is 0.368. The van der Waals surface area contributed by atoms with E-state index in [-0.39, 0.29) is 17.6 Å². The first-order chi connectivity index (χ1) is 13.4. The Bertz CT molecular complexity index is 1100. The Morgan fingerprint density at radius 3 is 2.86 bits per heavy atom. The highest BCUT2D eigenvalue weighted by molar-refractivity contribution is 5.92. The van der Waals surface area contributed by atoms with E-state index in [0.29, 0.717) is 34.9 Å². The van der Waals surface area contributed by atoms with Gasteiger partial charge in [-0.1, -0.05) is 0 Å². The van der Waals surface area contributed by atoms with Crippen LogP contribution in [-0.2, 0) is 6.54 Å². The first kappa shape index (κ1) is 18.2. The molecule has 146 valence electrons. The number of nitrogens with one attached hydrogen (secondary N) is 2. The van der Waals surface area contributed by atoms with Crippen LogP contribution in [0.1, 0.15) is 27.4 Å². The number of aromatic nitrogens is 4. The van der Waals surface area contributed by atoms with Crippen LogP contribution in [0.4, 0.5) is 0 Å². The van der Waals surface area contributed by atoms with Crippen molar-refractivity contribution in [2.75, 3.05) is 20.1 Å². The summed E-state index contributed by atoms with van der Waals surface area (Å²) in [5.74, 6) is 0.478. The van der Waals surface area contributed by atoms with Gasteiger partial charge in [0.2, 0.25) is 0 Å². The van der Waals surface area contributed by atoms with E-state index in [2.05, 4.69) is 25.3 Å². The lowest BCUT2D eigenvalue weighted by atomic mass is 10.1. The summed E-state index contributed by atoms with van der Waals surface area (Å²) in [5.41, 5.74) is 3.19. The predicted octanol–water partition coefficient (Wildman–Crippen LogP) is 0.657. The number of aryl methyl sites for hydroxylation is 2. The molecule has 3 aromatic rings. The number of hydrogen-bond donors (Lipinski definition) is 2. The van der Waals surface area contributed by atoms with E-state index in [4.69, 9.17) is 4.74 Å². The molecule has 0 radical (unpaired) electrons. The third-order valence-electron chi connectivity index (χ3n) is 4.80. The van der Waals surface area contributed by atoms with E-state index in [1.54, 1.807) is 36.8 Å². The highest BCUT2D eigenvalue weighted by atomic mass is 16.5. The second-order valence-corrected chi connectivity index (χ2v) is 7.02. The first-order valence-electron chi connectivity index (χ1n) is 9.10. The maximum atomic E-state index is 11.7. The summed E-state index contributed by atoms with van der Waals surface area (Å²) in [4.78, 5) is 32.7. The van der Waals surface area contributed by atoms with Crippen molar-refractivity contribution in [2.45, 2.75) is 26.5 Å². The number of carbonyl (C=O) groups is 1. The van der Waals surface area contributed by atoms with E-state index in [9.17, 15) is 9.59 Å². The smallest absolute Gasteiger partial charge is 0.269 e. The fourth-order valence-electron chi connectivity index (χ4n) is 3.23. The Kier molecular flexibility index (Phi) is 4.60. The molecular weight excluding hydrogens is 360 g/mol. The van der Waals surface area contributed by atoms with Gasteiger partial charge < -0.3 is 15.0 Å². The summed E-state index contributed by atoms with van der Waals surface area (Å²) < 4.78 is 7.70. The summed E-state index contributed by atoms with van der Waals surface area (Å²) in [6.07, 6.45) is 1.81. The number of H-pyrrole nitrogens is 1. The minimum absolute atomic E-state index is 0.0745. The van der Waals surface area contributed by atoms with Crippen molar-refractivity contribution in [3.8, 4) is 5.75 Å². The zero-order valence-corrected chi connectivity index (χ0v) is 16.0. The number of amides is 1. The summed E-state index contributed by atoms with van der Waals surface area (Å²) in [6.45, 7) is 5.84. The standard InChI is InChI=1S/C19H22N6O3/c1-11-7-25-17(22-18(11)26)6-13(23-25)8-24-9-14(10-24)28-16-5-4-15(19(27)20-3)21-12(16)2/h4-7,14H,8-10H2,1-3H3,(H,20,27)(H,22,26). The molecule has 1 aliphatic heterocycles. The number of pyridine rings is 1. The van der Waals surface area contributed by atoms with Crippen LogP contribution < -0.4 is 15.6 Å². The molecule has 3 aromatic heterocycles. The Hall–Kier alpha value is -3.20. The topological polar surface area (TPSA) is 105 Å². The van der Waals surface area contributed by atoms with Crippen LogP contribution in [0.3, 0.4) is 0 Å². The lowest BCUT2D eigenvalue weighted by Crippen LogP contribution is -2.53. The van der Waals surface area contributed by atoms with Gasteiger partial charge in [-0.2, -0.15) is 5.10 Å². The maximum Gasteiger partial charge on any atom is 0.269 e. The average Bonchev–Trinajstić information content (AvgIpc) is 3.02. The number of ether oxygens (including phenoxy) is 1. The minimum Gasteiger partial charge on any atom is -0.486 e. The van der Waals surface area contributed by atoms with Crippen molar-refractivity contribution in [1.82, 2.24) is 29.8 Å². The average molecular weight is 382 g/mol. The van der Waals surface area contributed by atoms with Gasteiger partial charge in [0.05, 0.1) is 11.4 Å². The molecule has 28 heavy (non-hydrogen) atoms. The molecule has 0 bridgehead atoms. The molecule has 9 heteroatoms. The largest absolute Gasteiger partial charge is 0.486 e. The SMILES string of the molecule is CNC(=O)c1ccc(OC2CN(Cc3cc4[nH]c(=O)c(C)cn4n3)C2)c(C)n1. The second kappa shape index (κ2) is 7.08. The first-order valence-corrected chi connectivity index (χ1v) is 9.10. The van der Waals surface area contributed by atoms with E-state index < -0.39 is 0 Å². The number of aromatic amines is 1. The van der Waals surface area contributed by atoms with Crippen LogP contribution in [0.5, 0.6) is 5.75 Å². The van der Waals surface area contributed by atoms with Gasteiger partial charge in [-0.05, 0) is 26.0 Å². The normalized spacial score (nSPS) is 14.8. The van der Waals surface area contributed by atoms with Gasteiger partial charge >= 0.3 is 0 Å². The zero-order chi connectivity index (χ0) is 19.8. The Balaban J connectivity index is 1.35. The van der Waals surface area contributed by atoms with Crippen LogP contribution in [-0.4, -0.2) is 56.6 Å². The van der Waals surface area contributed by atoms with Crippen LogP contribution in [0.2, 0.25) is 0 Å². The van der Waals surface area contributed by atoms with Crippen LogP contribution in [0.25, 0.3) is 5.65 Å².